The summed E-state index contributed by atoms with van der Waals surface area (Å²) >= 11 is 1.54. The molecule has 0 atom stereocenters. The zero-order chi connectivity index (χ0) is 19.4. The molecule has 4 nitrogen and oxygen atoms in total. The molecule has 0 aliphatic carbocycles. The highest BCUT2D eigenvalue weighted by Gasteiger charge is 2.03. The number of hydrogen-bond acceptors (Lipinski definition) is 5. The van der Waals surface area contributed by atoms with Crippen molar-refractivity contribution in [2.24, 2.45) is 0 Å². The van der Waals surface area contributed by atoms with E-state index in [2.05, 4.69) is 16.6 Å². The Balaban J connectivity index is 0.000000263. The van der Waals surface area contributed by atoms with Crippen LogP contribution in [0.4, 0.5) is 5.69 Å². The third kappa shape index (κ3) is 7.33. The minimum Gasteiger partial charge on any atom is -0.492 e. The molecule has 140 valence electrons. The molecule has 2 N–H and O–H groups in total. The van der Waals surface area contributed by atoms with Gasteiger partial charge in [-0.25, -0.2) is 0 Å². The summed E-state index contributed by atoms with van der Waals surface area (Å²) in [5.41, 5.74) is 3.92. The van der Waals surface area contributed by atoms with Crippen LogP contribution in [0.25, 0.3) is 5.57 Å². The number of anilines is 1. The number of carbonyl (C=O) groups excluding carboxylic acids is 1. The van der Waals surface area contributed by atoms with E-state index in [9.17, 15) is 4.79 Å². The van der Waals surface area contributed by atoms with Gasteiger partial charge in [0.1, 0.15) is 12.0 Å². The van der Waals surface area contributed by atoms with Crippen molar-refractivity contribution < 1.29 is 9.53 Å². The standard InChI is InChI=1S/C12H17NO.C9H11NOS/c1-5-14-12-7-6-10(9(2)3)8-11(12)13-4;1-2-10-12-9-5-3-4-8(6-9)7-11/h6-8,13H,2,5H2,1,3-4H3;3-7,10H,2H2,1H3. The molecule has 0 heterocycles. The SMILES string of the molecule is C=C(C)c1ccc(OCC)c(NC)c1.CCNSc1cccc(C=O)c1. The highest BCUT2D eigenvalue weighted by atomic mass is 32.2. The Bertz CT molecular complexity index is 717. The van der Waals surface area contributed by atoms with Crippen LogP contribution >= 0.6 is 11.9 Å². The molecule has 0 aliphatic heterocycles. The van der Waals surface area contributed by atoms with Crippen LogP contribution in [-0.4, -0.2) is 26.5 Å². The minimum absolute atomic E-state index is 0.682. The van der Waals surface area contributed by atoms with Crippen LogP contribution in [0.1, 0.15) is 36.7 Å². The maximum atomic E-state index is 10.4. The Hall–Kier alpha value is -2.24. The molecule has 2 aromatic carbocycles. The van der Waals surface area contributed by atoms with E-state index >= 15 is 0 Å². The molecule has 0 aromatic heterocycles. The van der Waals surface area contributed by atoms with Gasteiger partial charge in [-0.2, -0.15) is 0 Å². The predicted octanol–water partition coefficient (Wildman–Crippen LogP) is 5.28. The van der Waals surface area contributed by atoms with Gasteiger partial charge in [0.25, 0.3) is 0 Å². The van der Waals surface area contributed by atoms with Gasteiger partial charge in [-0.15, -0.1) is 0 Å². The van der Waals surface area contributed by atoms with E-state index in [1.54, 1.807) is 18.0 Å². The molecule has 0 radical (unpaired) electrons. The number of rotatable bonds is 8. The Morgan fingerprint density at radius 2 is 2.00 bits per heavy atom. The lowest BCUT2D eigenvalue weighted by Gasteiger charge is -2.11. The van der Waals surface area contributed by atoms with E-state index in [-0.39, 0.29) is 0 Å². The lowest BCUT2D eigenvalue weighted by Crippen LogP contribution is -1.99. The molecule has 0 spiro atoms. The van der Waals surface area contributed by atoms with E-state index in [4.69, 9.17) is 4.74 Å². The molecule has 0 unspecified atom stereocenters. The third-order valence-corrected chi connectivity index (χ3v) is 4.29. The molecule has 0 bridgehead atoms. The van der Waals surface area contributed by atoms with Crippen LogP contribution in [-0.2, 0) is 0 Å². The van der Waals surface area contributed by atoms with Crippen LogP contribution in [0.2, 0.25) is 0 Å². The second-order valence-corrected chi connectivity index (χ2v) is 6.43. The summed E-state index contributed by atoms with van der Waals surface area (Å²) in [6.45, 7) is 11.5. The molecule has 26 heavy (non-hydrogen) atoms. The van der Waals surface area contributed by atoms with E-state index < -0.39 is 0 Å². The highest BCUT2D eigenvalue weighted by molar-refractivity contribution is 7.97. The first-order valence-electron chi connectivity index (χ1n) is 8.61. The van der Waals surface area contributed by atoms with Crippen molar-refractivity contribution >= 4 is 29.5 Å². The third-order valence-electron chi connectivity index (χ3n) is 3.37. The van der Waals surface area contributed by atoms with Crippen molar-refractivity contribution in [2.75, 3.05) is 25.5 Å². The average Bonchev–Trinajstić information content (AvgIpc) is 2.67. The largest absolute Gasteiger partial charge is 0.492 e. The normalized spacial score (nSPS) is 9.69. The summed E-state index contributed by atoms with van der Waals surface area (Å²) in [5, 5.41) is 3.11. The molecule has 5 heteroatoms. The van der Waals surface area contributed by atoms with Crippen LogP contribution in [0.3, 0.4) is 0 Å². The van der Waals surface area contributed by atoms with E-state index in [0.717, 1.165) is 45.9 Å². The molecule has 2 aromatic rings. The van der Waals surface area contributed by atoms with Gasteiger partial charge in [-0.3, -0.25) is 9.52 Å². The van der Waals surface area contributed by atoms with Gasteiger partial charge in [0.05, 0.1) is 12.3 Å². The van der Waals surface area contributed by atoms with Crippen molar-refractivity contribution in [3.8, 4) is 5.75 Å². The number of nitrogens with one attached hydrogen (secondary N) is 2. The van der Waals surface area contributed by atoms with Gasteiger partial charge in [0.15, 0.2) is 0 Å². The lowest BCUT2D eigenvalue weighted by molar-refractivity contribution is 0.112. The first-order chi connectivity index (χ1) is 12.5. The average molecular weight is 373 g/mol. The van der Waals surface area contributed by atoms with Crippen LogP contribution in [0, 0.1) is 0 Å². The van der Waals surface area contributed by atoms with Crippen LogP contribution in [0.5, 0.6) is 5.75 Å². The zero-order valence-corrected chi connectivity index (χ0v) is 16.8. The van der Waals surface area contributed by atoms with Gasteiger partial charge in [-0.05, 0) is 55.6 Å². The second kappa shape index (κ2) is 12.2. The maximum Gasteiger partial charge on any atom is 0.150 e. The van der Waals surface area contributed by atoms with E-state index in [1.807, 2.05) is 64.2 Å². The monoisotopic (exact) mass is 372 g/mol. The summed E-state index contributed by atoms with van der Waals surface area (Å²) in [6.07, 6.45) is 0.857. The Morgan fingerprint density at radius 3 is 2.58 bits per heavy atom. The summed E-state index contributed by atoms with van der Waals surface area (Å²) in [6, 6.07) is 13.5. The lowest BCUT2D eigenvalue weighted by atomic mass is 10.1. The molecule has 0 saturated heterocycles. The van der Waals surface area contributed by atoms with Crippen molar-refractivity contribution in [3.63, 3.8) is 0 Å². The Morgan fingerprint density at radius 1 is 1.23 bits per heavy atom. The highest BCUT2D eigenvalue weighted by Crippen LogP contribution is 2.27. The predicted molar refractivity (Wildman–Crippen MR) is 113 cm³/mol. The van der Waals surface area contributed by atoms with E-state index in [1.165, 1.54) is 0 Å². The summed E-state index contributed by atoms with van der Waals surface area (Å²) < 4.78 is 8.59. The summed E-state index contributed by atoms with van der Waals surface area (Å²) in [7, 11) is 1.89. The van der Waals surface area contributed by atoms with Crippen molar-refractivity contribution in [1.29, 1.82) is 0 Å². The Kier molecular flexibility index (Phi) is 10.2. The topological polar surface area (TPSA) is 50.4 Å². The van der Waals surface area contributed by atoms with Crippen molar-refractivity contribution in [1.82, 2.24) is 4.72 Å². The molecule has 0 saturated carbocycles. The number of carbonyl (C=O) groups is 1. The maximum absolute atomic E-state index is 10.4. The summed E-state index contributed by atoms with van der Waals surface area (Å²) in [4.78, 5) is 11.5. The van der Waals surface area contributed by atoms with Gasteiger partial charge >= 0.3 is 0 Å². The van der Waals surface area contributed by atoms with E-state index in [0.29, 0.717) is 6.61 Å². The van der Waals surface area contributed by atoms with Gasteiger partial charge in [-0.1, -0.05) is 37.3 Å². The summed E-state index contributed by atoms with van der Waals surface area (Å²) in [5.74, 6) is 0.889. The zero-order valence-electron chi connectivity index (χ0n) is 16.0. The molecule has 2 rings (SSSR count). The van der Waals surface area contributed by atoms with Gasteiger partial charge < -0.3 is 10.1 Å². The van der Waals surface area contributed by atoms with Crippen LogP contribution in [0.15, 0.2) is 53.9 Å². The van der Waals surface area contributed by atoms with Crippen molar-refractivity contribution in [2.45, 2.75) is 25.7 Å². The second-order valence-electron chi connectivity index (χ2n) is 5.46. The van der Waals surface area contributed by atoms with Crippen molar-refractivity contribution in [3.05, 3.63) is 60.2 Å². The van der Waals surface area contributed by atoms with Gasteiger partial charge in [0.2, 0.25) is 0 Å². The number of ether oxygens (including phenoxy) is 1. The van der Waals surface area contributed by atoms with Gasteiger partial charge in [0, 0.05) is 24.1 Å². The molecular formula is C21H28N2O2S. The number of benzene rings is 2. The molecular weight excluding hydrogens is 344 g/mol. The quantitative estimate of drug-likeness (QED) is 0.488. The number of hydrogen-bond donors (Lipinski definition) is 2. The van der Waals surface area contributed by atoms with Crippen LogP contribution < -0.4 is 14.8 Å². The Labute approximate surface area is 161 Å². The fourth-order valence-corrected chi connectivity index (χ4v) is 2.73. The molecule has 0 fully saturated rings. The number of allylic oxidation sites excluding steroid dienone is 1. The first kappa shape index (κ1) is 21.8. The minimum atomic E-state index is 0.682. The molecule has 0 aliphatic rings. The fraction of sp³-hybridized carbons (Fsp3) is 0.286. The smallest absolute Gasteiger partial charge is 0.150 e. The first-order valence-corrected chi connectivity index (χ1v) is 9.42. The number of aldehydes is 1. The fourth-order valence-electron chi connectivity index (χ4n) is 2.08. The molecule has 0 amide bonds.